The van der Waals surface area contributed by atoms with Crippen LogP contribution in [-0.4, -0.2) is 48.5 Å². The van der Waals surface area contributed by atoms with E-state index in [1.807, 2.05) is 24.1 Å². The molecular formula is C16H24N2OS. The Labute approximate surface area is 126 Å². The van der Waals surface area contributed by atoms with Crippen molar-refractivity contribution in [3.8, 4) is 5.75 Å². The number of ether oxygens (including phenoxy) is 1. The van der Waals surface area contributed by atoms with E-state index in [1.54, 1.807) is 7.11 Å². The Balaban J connectivity index is 1.47. The van der Waals surface area contributed by atoms with Crippen LogP contribution in [-0.2, 0) is 0 Å². The van der Waals surface area contributed by atoms with Crippen molar-refractivity contribution in [2.24, 2.45) is 0 Å². The molecule has 20 heavy (non-hydrogen) atoms. The topological polar surface area (TPSA) is 15.7 Å². The Hall–Kier alpha value is -0.710. The molecule has 3 rings (SSSR count). The first-order chi connectivity index (χ1) is 9.85. The molecule has 0 spiro atoms. The first-order valence-corrected chi connectivity index (χ1v) is 8.43. The Morgan fingerprint density at radius 2 is 1.65 bits per heavy atom. The fraction of sp³-hybridized carbons (Fsp3) is 0.625. The van der Waals surface area contributed by atoms with Crippen molar-refractivity contribution in [2.45, 2.75) is 36.6 Å². The Morgan fingerprint density at radius 3 is 2.25 bits per heavy atom. The molecule has 4 heteroatoms. The molecule has 0 aliphatic carbocycles. The predicted octanol–water partition coefficient (Wildman–Crippen LogP) is 3.26. The van der Waals surface area contributed by atoms with Gasteiger partial charge < -0.3 is 9.64 Å². The van der Waals surface area contributed by atoms with Gasteiger partial charge in [0.25, 0.3) is 0 Å². The molecule has 0 unspecified atom stereocenters. The molecule has 110 valence electrons. The summed E-state index contributed by atoms with van der Waals surface area (Å²) in [7, 11) is 1.71. The molecule has 1 aromatic carbocycles. The maximum Gasteiger partial charge on any atom is 0.118 e. The molecule has 3 nitrogen and oxygen atoms in total. The second-order valence-corrected chi connectivity index (χ2v) is 6.84. The van der Waals surface area contributed by atoms with E-state index in [0.29, 0.717) is 0 Å². The van der Waals surface area contributed by atoms with Gasteiger partial charge in [-0.05, 0) is 75.0 Å². The van der Waals surface area contributed by atoms with Gasteiger partial charge in [-0.2, -0.15) is 0 Å². The van der Waals surface area contributed by atoms with Crippen molar-refractivity contribution < 1.29 is 4.74 Å². The second kappa shape index (κ2) is 6.83. The van der Waals surface area contributed by atoms with Gasteiger partial charge >= 0.3 is 0 Å². The van der Waals surface area contributed by atoms with Crippen LogP contribution in [0.4, 0.5) is 0 Å². The molecule has 0 aromatic heterocycles. The van der Waals surface area contributed by atoms with E-state index in [1.165, 1.54) is 56.8 Å². The molecule has 2 aliphatic heterocycles. The van der Waals surface area contributed by atoms with Gasteiger partial charge in [-0.3, -0.25) is 0 Å². The zero-order chi connectivity index (χ0) is 13.8. The maximum atomic E-state index is 5.20. The minimum Gasteiger partial charge on any atom is -0.497 e. The fourth-order valence-corrected chi connectivity index (χ4v) is 4.14. The van der Waals surface area contributed by atoms with Crippen molar-refractivity contribution in [2.75, 3.05) is 33.3 Å². The van der Waals surface area contributed by atoms with Gasteiger partial charge in [-0.25, -0.2) is 4.31 Å². The van der Waals surface area contributed by atoms with E-state index in [-0.39, 0.29) is 0 Å². The van der Waals surface area contributed by atoms with E-state index in [2.05, 4.69) is 21.3 Å². The second-order valence-electron chi connectivity index (χ2n) is 5.67. The van der Waals surface area contributed by atoms with Crippen molar-refractivity contribution in [1.82, 2.24) is 9.21 Å². The lowest BCUT2D eigenvalue weighted by Crippen LogP contribution is -2.41. The van der Waals surface area contributed by atoms with Gasteiger partial charge in [0.2, 0.25) is 0 Å². The molecule has 2 fully saturated rings. The monoisotopic (exact) mass is 292 g/mol. The third-order valence-corrected chi connectivity index (χ3v) is 5.48. The number of hydrogen-bond donors (Lipinski definition) is 0. The molecule has 0 saturated carbocycles. The van der Waals surface area contributed by atoms with Crippen LogP contribution < -0.4 is 4.74 Å². The number of nitrogens with zero attached hydrogens (tertiary/aromatic N) is 2. The van der Waals surface area contributed by atoms with Crippen LogP contribution in [0.5, 0.6) is 5.75 Å². The standard InChI is InChI=1S/C16H24N2OS/c1-19-15-4-6-16(7-5-15)20-18-12-8-14(9-13-18)17-10-2-3-11-17/h4-7,14H,2-3,8-13H2,1H3. The summed E-state index contributed by atoms with van der Waals surface area (Å²) >= 11 is 1.89. The number of methoxy groups -OCH3 is 1. The smallest absolute Gasteiger partial charge is 0.118 e. The van der Waals surface area contributed by atoms with Crippen molar-refractivity contribution in [1.29, 1.82) is 0 Å². The Morgan fingerprint density at radius 1 is 1.00 bits per heavy atom. The van der Waals surface area contributed by atoms with Gasteiger partial charge in [-0.1, -0.05) is 0 Å². The van der Waals surface area contributed by atoms with Gasteiger partial charge in [0.05, 0.1) is 7.11 Å². The van der Waals surface area contributed by atoms with Gasteiger partial charge in [0.15, 0.2) is 0 Å². The van der Waals surface area contributed by atoms with Crippen LogP contribution in [0.3, 0.4) is 0 Å². The number of hydrogen-bond acceptors (Lipinski definition) is 4. The van der Waals surface area contributed by atoms with Crippen molar-refractivity contribution >= 4 is 11.9 Å². The molecular weight excluding hydrogens is 268 g/mol. The van der Waals surface area contributed by atoms with Crippen LogP contribution in [0, 0.1) is 0 Å². The lowest BCUT2D eigenvalue weighted by molar-refractivity contribution is 0.172. The quantitative estimate of drug-likeness (QED) is 0.791. The highest BCUT2D eigenvalue weighted by atomic mass is 32.2. The van der Waals surface area contributed by atoms with Gasteiger partial charge in [0.1, 0.15) is 5.75 Å². The lowest BCUT2D eigenvalue weighted by atomic mass is 10.1. The zero-order valence-electron chi connectivity index (χ0n) is 12.3. The number of rotatable bonds is 4. The lowest BCUT2D eigenvalue weighted by Gasteiger charge is -2.35. The average molecular weight is 292 g/mol. The van der Waals surface area contributed by atoms with E-state index in [0.717, 1.165) is 11.8 Å². The molecule has 0 radical (unpaired) electrons. The summed E-state index contributed by atoms with van der Waals surface area (Å²) in [6.07, 6.45) is 5.45. The fourth-order valence-electron chi connectivity index (χ4n) is 3.19. The van der Waals surface area contributed by atoms with Crippen LogP contribution >= 0.6 is 11.9 Å². The van der Waals surface area contributed by atoms with Crippen LogP contribution in [0.1, 0.15) is 25.7 Å². The van der Waals surface area contributed by atoms with E-state index >= 15 is 0 Å². The van der Waals surface area contributed by atoms with E-state index in [4.69, 9.17) is 4.74 Å². The van der Waals surface area contributed by atoms with Crippen LogP contribution in [0.25, 0.3) is 0 Å². The minimum atomic E-state index is 0.838. The molecule has 2 heterocycles. The summed E-state index contributed by atoms with van der Waals surface area (Å²) < 4.78 is 7.71. The maximum absolute atomic E-state index is 5.20. The summed E-state index contributed by atoms with van der Waals surface area (Å²) in [5, 5.41) is 0. The number of benzene rings is 1. The molecule has 0 bridgehead atoms. The molecule has 0 N–H and O–H groups in total. The number of likely N-dealkylation sites (tertiary alicyclic amines) is 1. The normalized spacial score (nSPS) is 22.2. The highest BCUT2D eigenvalue weighted by molar-refractivity contribution is 7.97. The van der Waals surface area contributed by atoms with E-state index in [9.17, 15) is 0 Å². The first-order valence-electron chi connectivity index (χ1n) is 7.66. The van der Waals surface area contributed by atoms with E-state index < -0.39 is 0 Å². The summed E-state index contributed by atoms with van der Waals surface area (Å²) in [6, 6.07) is 9.22. The first kappa shape index (κ1) is 14.2. The molecule has 1 aromatic rings. The number of piperidine rings is 1. The predicted molar refractivity (Wildman–Crippen MR) is 84.3 cm³/mol. The summed E-state index contributed by atoms with van der Waals surface area (Å²) in [5.74, 6) is 0.932. The summed E-state index contributed by atoms with van der Waals surface area (Å²) in [6.45, 7) is 5.07. The Bertz CT molecular complexity index is 409. The third kappa shape index (κ3) is 3.48. The largest absolute Gasteiger partial charge is 0.497 e. The van der Waals surface area contributed by atoms with Crippen LogP contribution in [0.15, 0.2) is 29.2 Å². The Kier molecular flexibility index (Phi) is 4.86. The third-order valence-electron chi connectivity index (χ3n) is 4.37. The van der Waals surface area contributed by atoms with Crippen LogP contribution in [0.2, 0.25) is 0 Å². The zero-order valence-corrected chi connectivity index (χ0v) is 13.1. The highest BCUT2D eigenvalue weighted by Crippen LogP contribution is 2.29. The van der Waals surface area contributed by atoms with Gasteiger partial charge in [-0.15, -0.1) is 0 Å². The van der Waals surface area contributed by atoms with Crippen molar-refractivity contribution in [3.05, 3.63) is 24.3 Å². The SMILES string of the molecule is COc1ccc(SN2CCC(N3CCCC3)CC2)cc1. The highest BCUT2D eigenvalue weighted by Gasteiger charge is 2.26. The molecule has 2 saturated heterocycles. The molecule has 0 amide bonds. The summed E-state index contributed by atoms with van der Waals surface area (Å²) in [4.78, 5) is 4.01. The van der Waals surface area contributed by atoms with Crippen molar-refractivity contribution in [3.63, 3.8) is 0 Å². The molecule has 0 atom stereocenters. The average Bonchev–Trinajstić information content (AvgIpc) is 3.03. The van der Waals surface area contributed by atoms with Gasteiger partial charge in [0, 0.05) is 24.0 Å². The minimum absolute atomic E-state index is 0.838. The summed E-state index contributed by atoms with van der Waals surface area (Å²) in [5.41, 5.74) is 0. The molecule has 2 aliphatic rings.